The summed E-state index contributed by atoms with van der Waals surface area (Å²) in [6, 6.07) is 7.90. The van der Waals surface area contributed by atoms with E-state index in [4.69, 9.17) is 5.73 Å². The van der Waals surface area contributed by atoms with Crippen LogP contribution in [0.2, 0.25) is 0 Å². The van der Waals surface area contributed by atoms with E-state index >= 15 is 0 Å². The lowest BCUT2D eigenvalue weighted by molar-refractivity contribution is 0.550. The number of halogens is 2. The van der Waals surface area contributed by atoms with E-state index in [1.807, 2.05) is 6.92 Å². The number of anilines is 2. The van der Waals surface area contributed by atoms with Crippen LogP contribution in [0, 0.1) is 18.6 Å². The van der Waals surface area contributed by atoms with Gasteiger partial charge in [-0.15, -0.1) is 0 Å². The first-order valence-corrected chi connectivity index (χ1v) is 7.47. The van der Waals surface area contributed by atoms with Gasteiger partial charge in [0.25, 0.3) is 10.0 Å². The Morgan fingerprint density at radius 3 is 2.19 bits per heavy atom. The van der Waals surface area contributed by atoms with E-state index in [9.17, 15) is 17.2 Å². The third-order valence-electron chi connectivity index (χ3n) is 3.09. The maximum absolute atomic E-state index is 13.8. The number of hydrogen-bond acceptors (Lipinski definition) is 3. The minimum atomic E-state index is -4.16. The van der Waals surface area contributed by atoms with Crippen LogP contribution in [0.5, 0.6) is 0 Å². The average molecular weight is 312 g/mol. The van der Waals surface area contributed by atoms with Crippen LogP contribution in [0.25, 0.3) is 0 Å². The summed E-state index contributed by atoms with van der Waals surface area (Å²) in [6.45, 7) is 1.86. The van der Waals surface area contributed by atoms with Gasteiger partial charge in [-0.1, -0.05) is 17.7 Å². The Morgan fingerprint density at radius 1 is 1.05 bits per heavy atom. The van der Waals surface area contributed by atoms with Crippen LogP contribution >= 0.6 is 0 Å². The lowest BCUT2D eigenvalue weighted by Gasteiger charge is -2.20. The molecule has 0 radical (unpaired) electrons. The quantitative estimate of drug-likeness (QED) is 0.886. The summed E-state index contributed by atoms with van der Waals surface area (Å²) in [5.74, 6) is -2.18. The highest BCUT2D eigenvalue weighted by atomic mass is 32.2. The number of aryl methyl sites for hydroxylation is 1. The number of nitrogen functional groups attached to an aromatic ring is 1. The van der Waals surface area contributed by atoms with Crippen LogP contribution in [0.15, 0.2) is 41.3 Å². The van der Waals surface area contributed by atoms with Crippen molar-refractivity contribution >= 4 is 21.4 Å². The third-order valence-corrected chi connectivity index (χ3v) is 4.89. The van der Waals surface area contributed by atoms with E-state index in [0.29, 0.717) is 11.8 Å². The van der Waals surface area contributed by atoms with Crippen LogP contribution in [0.1, 0.15) is 5.56 Å². The maximum Gasteiger partial charge on any atom is 0.267 e. The summed E-state index contributed by atoms with van der Waals surface area (Å²) in [7, 11) is -2.87. The molecule has 0 amide bonds. The van der Waals surface area contributed by atoms with Crippen LogP contribution < -0.4 is 10.0 Å². The highest BCUT2D eigenvalue weighted by Crippen LogP contribution is 2.26. The van der Waals surface area contributed by atoms with E-state index in [1.54, 1.807) is 24.3 Å². The molecule has 2 aromatic carbocycles. The Balaban J connectivity index is 2.51. The fourth-order valence-corrected chi connectivity index (χ4v) is 3.06. The minimum absolute atomic E-state index is 0.364. The van der Waals surface area contributed by atoms with Gasteiger partial charge in [-0.3, -0.25) is 4.31 Å². The summed E-state index contributed by atoms with van der Waals surface area (Å²) >= 11 is 0. The van der Waals surface area contributed by atoms with Crippen molar-refractivity contribution in [3.8, 4) is 0 Å². The average Bonchev–Trinajstić information content (AvgIpc) is 2.42. The molecule has 21 heavy (non-hydrogen) atoms. The lowest BCUT2D eigenvalue weighted by Crippen LogP contribution is -2.27. The zero-order valence-electron chi connectivity index (χ0n) is 11.5. The summed E-state index contributed by atoms with van der Waals surface area (Å²) in [4.78, 5) is -0.663. The highest BCUT2D eigenvalue weighted by Gasteiger charge is 2.26. The van der Waals surface area contributed by atoms with Gasteiger partial charge in [0.1, 0.15) is 16.5 Å². The van der Waals surface area contributed by atoms with E-state index in [-0.39, 0.29) is 0 Å². The largest absolute Gasteiger partial charge is 0.396 e. The van der Waals surface area contributed by atoms with Gasteiger partial charge in [-0.25, -0.2) is 17.2 Å². The van der Waals surface area contributed by atoms with Gasteiger partial charge in [-0.05, 0) is 25.1 Å². The lowest BCUT2D eigenvalue weighted by atomic mass is 10.2. The number of hydrogen-bond donors (Lipinski definition) is 1. The van der Waals surface area contributed by atoms with Gasteiger partial charge in [0.15, 0.2) is 0 Å². The Bertz CT molecular complexity index is 774. The van der Waals surface area contributed by atoms with Crippen LogP contribution in [-0.4, -0.2) is 15.5 Å². The van der Waals surface area contributed by atoms with E-state index in [1.165, 1.54) is 7.05 Å². The zero-order chi connectivity index (χ0) is 15.8. The predicted molar refractivity (Wildman–Crippen MR) is 77.5 cm³/mol. The first-order valence-electron chi connectivity index (χ1n) is 6.03. The Labute approximate surface area is 121 Å². The maximum atomic E-state index is 13.8. The van der Waals surface area contributed by atoms with Crippen LogP contribution in [-0.2, 0) is 10.0 Å². The molecular weight excluding hydrogens is 298 g/mol. The Hall–Kier alpha value is -2.15. The molecule has 0 fully saturated rings. The van der Waals surface area contributed by atoms with Gasteiger partial charge < -0.3 is 5.73 Å². The van der Waals surface area contributed by atoms with Crippen molar-refractivity contribution in [3.63, 3.8) is 0 Å². The molecule has 2 aromatic rings. The minimum Gasteiger partial charge on any atom is -0.396 e. The molecule has 4 nitrogen and oxygen atoms in total. The third kappa shape index (κ3) is 2.82. The van der Waals surface area contributed by atoms with Crippen molar-refractivity contribution in [1.29, 1.82) is 0 Å². The topological polar surface area (TPSA) is 63.4 Å². The van der Waals surface area contributed by atoms with Crippen molar-refractivity contribution in [2.24, 2.45) is 0 Å². The van der Waals surface area contributed by atoms with Crippen LogP contribution in [0.4, 0.5) is 20.2 Å². The van der Waals surface area contributed by atoms with Crippen LogP contribution in [0.3, 0.4) is 0 Å². The number of nitrogens with zero attached hydrogens (tertiary/aromatic N) is 1. The van der Waals surface area contributed by atoms with Crippen molar-refractivity contribution in [3.05, 3.63) is 53.6 Å². The molecule has 0 aliphatic carbocycles. The van der Waals surface area contributed by atoms with Gasteiger partial charge in [-0.2, -0.15) is 0 Å². The van der Waals surface area contributed by atoms with Crippen molar-refractivity contribution in [1.82, 2.24) is 0 Å². The van der Waals surface area contributed by atoms with E-state index in [2.05, 4.69) is 0 Å². The normalized spacial score (nSPS) is 11.4. The molecular formula is C14H14F2N2O2S. The molecule has 0 aliphatic rings. The van der Waals surface area contributed by atoms with E-state index in [0.717, 1.165) is 15.9 Å². The summed E-state index contributed by atoms with van der Waals surface area (Å²) in [5, 5.41) is 0. The molecule has 7 heteroatoms. The van der Waals surface area contributed by atoms with Crippen molar-refractivity contribution < 1.29 is 17.2 Å². The molecule has 0 spiro atoms. The molecule has 112 valence electrons. The van der Waals surface area contributed by atoms with Crippen molar-refractivity contribution in [2.45, 2.75) is 11.8 Å². The summed E-state index contributed by atoms with van der Waals surface area (Å²) in [5.41, 5.74) is 6.22. The standard InChI is InChI=1S/C14H14F2N2O2S/c1-9-3-5-10(6-4-9)18(2)21(19,20)14-8-13(17)11(15)7-12(14)16/h3-8H,17H2,1-2H3. The molecule has 0 saturated heterocycles. The van der Waals surface area contributed by atoms with Crippen molar-refractivity contribution in [2.75, 3.05) is 17.1 Å². The van der Waals surface area contributed by atoms with Gasteiger partial charge in [0, 0.05) is 13.1 Å². The number of rotatable bonds is 3. The molecule has 0 bridgehead atoms. The predicted octanol–water partition coefficient (Wildman–Crippen LogP) is 2.68. The second-order valence-electron chi connectivity index (χ2n) is 4.61. The van der Waals surface area contributed by atoms with Gasteiger partial charge >= 0.3 is 0 Å². The first kappa shape index (κ1) is 15.2. The number of benzene rings is 2. The second-order valence-corrected chi connectivity index (χ2v) is 6.55. The second kappa shape index (κ2) is 5.33. The molecule has 0 saturated carbocycles. The molecule has 2 N–H and O–H groups in total. The molecule has 0 heterocycles. The SMILES string of the molecule is Cc1ccc(N(C)S(=O)(=O)c2cc(N)c(F)cc2F)cc1. The fraction of sp³-hybridized carbons (Fsp3) is 0.143. The van der Waals surface area contributed by atoms with Gasteiger partial charge in [0.05, 0.1) is 11.4 Å². The highest BCUT2D eigenvalue weighted by molar-refractivity contribution is 7.92. The zero-order valence-corrected chi connectivity index (χ0v) is 12.3. The Kier molecular flexibility index (Phi) is 3.87. The smallest absolute Gasteiger partial charge is 0.267 e. The van der Waals surface area contributed by atoms with Gasteiger partial charge in [0.2, 0.25) is 0 Å². The first-order chi connectivity index (χ1) is 9.73. The number of nitrogens with two attached hydrogens (primary N) is 1. The molecule has 2 rings (SSSR count). The molecule has 0 aromatic heterocycles. The monoisotopic (exact) mass is 312 g/mol. The Morgan fingerprint density at radius 2 is 1.62 bits per heavy atom. The molecule has 0 atom stereocenters. The van der Waals surface area contributed by atoms with E-state index < -0.39 is 32.2 Å². The molecule has 0 unspecified atom stereocenters. The molecule has 0 aliphatic heterocycles. The summed E-state index contributed by atoms with van der Waals surface area (Å²) < 4.78 is 52.6. The summed E-state index contributed by atoms with van der Waals surface area (Å²) in [6.07, 6.45) is 0. The number of sulfonamides is 1. The fourth-order valence-electron chi connectivity index (χ4n) is 1.78.